The van der Waals surface area contributed by atoms with Crippen LogP contribution in [0.15, 0.2) is 60.7 Å². The quantitative estimate of drug-likeness (QED) is 0.897. The highest BCUT2D eigenvalue weighted by molar-refractivity contribution is 5.85. The molecule has 0 radical (unpaired) electrons. The molecule has 1 fully saturated rings. The van der Waals surface area contributed by atoms with E-state index in [0.717, 1.165) is 19.6 Å². The summed E-state index contributed by atoms with van der Waals surface area (Å²) < 4.78 is 0. The monoisotopic (exact) mass is 363 g/mol. The second-order valence-corrected chi connectivity index (χ2v) is 5.68. The molecule has 1 atom stereocenters. The molecule has 0 aromatic heterocycles. The molecule has 0 bridgehead atoms. The molecule has 1 aliphatic heterocycles. The van der Waals surface area contributed by atoms with Gasteiger partial charge in [-0.1, -0.05) is 60.7 Å². The van der Waals surface area contributed by atoms with E-state index in [1.54, 1.807) is 0 Å². The molecule has 1 N–H and O–H groups in total. The van der Waals surface area contributed by atoms with Gasteiger partial charge in [0, 0.05) is 25.7 Å². The maximum atomic E-state index is 9.15. The number of halogens is 2. The van der Waals surface area contributed by atoms with E-state index < -0.39 is 0 Å². The molecule has 24 heavy (non-hydrogen) atoms. The van der Waals surface area contributed by atoms with Crippen molar-refractivity contribution >= 4 is 24.8 Å². The van der Waals surface area contributed by atoms with Crippen molar-refractivity contribution < 1.29 is 0 Å². The molecular formula is C19H23Cl2N3. The van der Waals surface area contributed by atoms with Crippen LogP contribution in [0.25, 0.3) is 0 Å². The van der Waals surface area contributed by atoms with Gasteiger partial charge in [0.05, 0.1) is 18.5 Å². The molecule has 2 aromatic carbocycles. The average Bonchev–Trinajstić information content (AvgIpc) is 2.59. The lowest BCUT2D eigenvalue weighted by Gasteiger charge is -2.41. The zero-order valence-electron chi connectivity index (χ0n) is 13.5. The Bertz CT molecular complexity index is 589. The van der Waals surface area contributed by atoms with Crippen molar-refractivity contribution in [3.05, 3.63) is 71.8 Å². The van der Waals surface area contributed by atoms with Crippen molar-refractivity contribution in [2.24, 2.45) is 0 Å². The predicted molar refractivity (Wildman–Crippen MR) is 103 cm³/mol. The van der Waals surface area contributed by atoms with Gasteiger partial charge in [0.2, 0.25) is 0 Å². The number of nitriles is 1. The van der Waals surface area contributed by atoms with Crippen LogP contribution in [0.5, 0.6) is 0 Å². The maximum absolute atomic E-state index is 9.15. The van der Waals surface area contributed by atoms with Gasteiger partial charge >= 0.3 is 0 Å². The minimum absolute atomic E-state index is 0. The van der Waals surface area contributed by atoms with Gasteiger partial charge in [0.15, 0.2) is 0 Å². The van der Waals surface area contributed by atoms with Gasteiger partial charge in [-0.2, -0.15) is 5.26 Å². The first-order valence-corrected chi connectivity index (χ1v) is 7.83. The summed E-state index contributed by atoms with van der Waals surface area (Å²) in [5.41, 5.74) is 2.58. The smallest absolute Gasteiger partial charge is 0.0638 e. The summed E-state index contributed by atoms with van der Waals surface area (Å²) in [7, 11) is 0. The number of nitrogens with one attached hydrogen (secondary N) is 1. The van der Waals surface area contributed by atoms with Crippen LogP contribution in [0.3, 0.4) is 0 Å². The van der Waals surface area contributed by atoms with Crippen molar-refractivity contribution in [3.8, 4) is 6.07 Å². The summed E-state index contributed by atoms with van der Waals surface area (Å²) in [5.74, 6) is 0. The molecule has 0 spiro atoms. The van der Waals surface area contributed by atoms with Crippen LogP contribution >= 0.6 is 24.8 Å². The number of hydrogen-bond acceptors (Lipinski definition) is 3. The van der Waals surface area contributed by atoms with Crippen LogP contribution in [0.4, 0.5) is 0 Å². The number of piperazine rings is 1. The molecule has 0 amide bonds. The first-order chi connectivity index (χ1) is 10.9. The summed E-state index contributed by atoms with van der Waals surface area (Å²) in [5, 5.41) is 12.6. The van der Waals surface area contributed by atoms with E-state index in [1.165, 1.54) is 11.1 Å². The van der Waals surface area contributed by atoms with Gasteiger partial charge in [-0.25, -0.2) is 0 Å². The van der Waals surface area contributed by atoms with E-state index in [4.69, 9.17) is 5.26 Å². The maximum Gasteiger partial charge on any atom is 0.0638 e. The third-order valence-electron chi connectivity index (χ3n) is 4.28. The standard InChI is InChI=1S/C19H21N3.2ClH/c20-12-11-18-15-21-13-14-22(18)19(16-7-3-1-4-8-16)17-9-5-2-6-10-17;;/h1-10,18-19,21H,11,13-15H2;2*1H/t18-;;/m0../s1. The summed E-state index contributed by atoms with van der Waals surface area (Å²) >= 11 is 0. The number of rotatable bonds is 4. The largest absolute Gasteiger partial charge is 0.314 e. The van der Waals surface area contributed by atoms with E-state index in [9.17, 15) is 0 Å². The fourth-order valence-electron chi connectivity index (χ4n) is 3.26. The zero-order valence-corrected chi connectivity index (χ0v) is 15.1. The van der Waals surface area contributed by atoms with Gasteiger partial charge < -0.3 is 5.32 Å². The minimum atomic E-state index is 0. The van der Waals surface area contributed by atoms with Gasteiger partial charge in [-0.15, -0.1) is 24.8 Å². The molecule has 1 heterocycles. The van der Waals surface area contributed by atoms with Crippen LogP contribution in [-0.2, 0) is 0 Å². The molecule has 1 saturated heterocycles. The van der Waals surface area contributed by atoms with Crippen molar-refractivity contribution in [1.29, 1.82) is 5.26 Å². The van der Waals surface area contributed by atoms with Crippen molar-refractivity contribution in [1.82, 2.24) is 10.2 Å². The van der Waals surface area contributed by atoms with E-state index in [0.29, 0.717) is 6.42 Å². The topological polar surface area (TPSA) is 39.1 Å². The van der Waals surface area contributed by atoms with E-state index >= 15 is 0 Å². The Labute approximate surface area is 156 Å². The molecule has 3 nitrogen and oxygen atoms in total. The Hall–Kier alpha value is -1.57. The van der Waals surface area contributed by atoms with Gasteiger partial charge in [-0.3, -0.25) is 4.90 Å². The van der Waals surface area contributed by atoms with Crippen LogP contribution in [-0.4, -0.2) is 30.6 Å². The van der Waals surface area contributed by atoms with Gasteiger partial charge in [0.1, 0.15) is 0 Å². The lowest BCUT2D eigenvalue weighted by molar-refractivity contribution is 0.127. The third kappa shape index (κ3) is 4.72. The molecule has 5 heteroatoms. The molecule has 1 aliphatic rings. The van der Waals surface area contributed by atoms with Crippen LogP contribution < -0.4 is 5.32 Å². The molecule has 2 aromatic rings. The Morgan fingerprint density at radius 3 is 2.04 bits per heavy atom. The summed E-state index contributed by atoms with van der Waals surface area (Å²) in [6.07, 6.45) is 0.559. The molecule has 128 valence electrons. The number of nitrogens with zero attached hydrogens (tertiary/aromatic N) is 2. The lowest BCUT2D eigenvalue weighted by atomic mass is 9.94. The molecule has 3 rings (SSSR count). The second kappa shape index (κ2) is 10.3. The Morgan fingerprint density at radius 1 is 1.00 bits per heavy atom. The Kier molecular flexibility index (Phi) is 8.81. The number of hydrogen-bond donors (Lipinski definition) is 1. The average molecular weight is 364 g/mol. The van der Waals surface area contributed by atoms with Crippen LogP contribution in [0, 0.1) is 11.3 Å². The highest BCUT2D eigenvalue weighted by Crippen LogP contribution is 2.31. The number of benzene rings is 2. The van der Waals surface area contributed by atoms with Crippen LogP contribution in [0.1, 0.15) is 23.6 Å². The fraction of sp³-hybridized carbons (Fsp3) is 0.316. The first kappa shape index (κ1) is 20.5. The second-order valence-electron chi connectivity index (χ2n) is 5.68. The normalized spacial score (nSPS) is 17.4. The fourth-order valence-corrected chi connectivity index (χ4v) is 3.26. The zero-order chi connectivity index (χ0) is 15.2. The summed E-state index contributed by atoms with van der Waals surface area (Å²) in [6, 6.07) is 24.0. The van der Waals surface area contributed by atoms with Gasteiger partial charge in [-0.05, 0) is 11.1 Å². The highest BCUT2D eigenvalue weighted by Gasteiger charge is 2.30. The Morgan fingerprint density at radius 2 is 1.54 bits per heavy atom. The van der Waals surface area contributed by atoms with Crippen molar-refractivity contribution in [3.63, 3.8) is 0 Å². The Balaban J connectivity index is 0.00000144. The SMILES string of the molecule is Cl.Cl.N#CC[C@H]1CNCCN1C(c1ccccc1)c1ccccc1. The lowest BCUT2D eigenvalue weighted by Crippen LogP contribution is -2.52. The van der Waals surface area contributed by atoms with Crippen molar-refractivity contribution in [2.45, 2.75) is 18.5 Å². The minimum Gasteiger partial charge on any atom is -0.314 e. The molecule has 0 saturated carbocycles. The molecular weight excluding hydrogens is 341 g/mol. The molecule has 0 unspecified atom stereocenters. The van der Waals surface area contributed by atoms with Crippen molar-refractivity contribution in [2.75, 3.05) is 19.6 Å². The van der Waals surface area contributed by atoms with Crippen LogP contribution in [0.2, 0.25) is 0 Å². The third-order valence-corrected chi connectivity index (χ3v) is 4.28. The summed E-state index contributed by atoms with van der Waals surface area (Å²) in [4.78, 5) is 2.48. The van der Waals surface area contributed by atoms with E-state index in [-0.39, 0.29) is 36.9 Å². The first-order valence-electron chi connectivity index (χ1n) is 7.83. The summed E-state index contributed by atoms with van der Waals surface area (Å²) in [6.45, 7) is 2.81. The van der Waals surface area contributed by atoms with Gasteiger partial charge in [0.25, 0.3) is 0 Å². The predicted octanol–water partition coefficient (Wildman–Crippen LogP) is 3.81. The highest BCUT2D eigenvalue weighted by atomic mass is 35.5. The van der Waals surface area contributed by atoms with E-state index in [2.05, 4.69) is 76.9 Å². The van der Waals surface area contributed by atoms with E-state index in [1.807, 2.05) is 0 Å². The molecule has 0 aliphatic carbocycles.